The van der Waals surface area contributed by atoms with Crippen LogP contribution in [0.3, 0.4) is 0 Å². The van der Waals surface area contributed by atoms with Crippen molar-refractivity contribution < 1.29 is 19.4 Å². The maximum Gasteiger partial charge on any atom is 0.302 e. The van der Waals surface area contributed by atoms with E-state index in [-0.39, 0.29) is 23.2 Å². The van der Waals surface area contributed by atoms with Crippen LogP contribution in [0.1, 0.15) is 43.7 Å². The fraction of sp³-hybridized carbons (Fsp3) is 0.611. The predicted octanol–water partition coefficient (Wildman–Crippen LogP) is 2.34. The highest BCUT2D eigenvalue weighted by Gasteiger charge is 2.55. The molecule has 4 atom stereocenters. The van der Waals surface area contributed by atoms with Gasteiger partial charge in [0, 0.05) is 31.3 Å². The molecule has 2 heterocycles. The standard InChI is InChI=1S/C18H23NO4/c1-11(20)23-13-3-4-18-5-6-19(17(18)8-13)10-12-7-16(22-2)15(21)9-14(12)18/h7,9,13,17,21H,3-6,8,10H2,1-2H3/t13-,17+,18-/m0/s1. The van der Waals surface area contributed by atoms with E-state index >= 15 is 0 Å². The van der Waals surface area contributed by atoms with Crippen LogP contribution in [0.25, 0.3) is 0 Å². The van der Waals surface area contributed by atoms with Crippen LogP contribution >= 0.6 is 0 Å². The van der Waals surface area contributed by atoms with Crippen molar-refractivity contribution in [2.75, 3.05) is 13.7 Å². The molecule has 1 aromatic rings. The van der Waals surface area contributed by atoms with Gasteiger partial charge in [-0.1, -0.05) is 0 Å². The molecule has 3 aliphatic rings. The van der Waals surface area contributed by atoms with Crippen LogP contribution in [0.2, 0.25) is 0 Å². The van der Waals surface area contributed by atoms with Gasteiger partial charge in [-0.15, -0.1) is 0 Å². The molecule has 5 heteroatoms. The van der Waals surface area contributed by atoms with Crippen molar-refractivity contribution in [3.8, 4) is 11.5 Å². The molecule has 5 nitrogen and oxygen atoms in total. The molecule has 2 aliphatic heterocycles. The molecule has 1 saturated carbocycles. The van der Waals surface area contributed by atoms with Crippen LogP contribution in [0.4, 0.5) is 0 Å². The molecule has 1 N–H and O–H groups in total. The van der Waals surface area contributed by atoms with Gasteiger partial charge in [-0.2, -0.15) is 0 Å². The summed E-state index contributed by atoms with van der Waals surface area (Å²) in [5.41, 5.74) is 2.63. The number of nitrogens with zero attached hydrogens (tertiary/aromatic N) is 1. The molecule has 4 rings (SSSR count). The summed E-state index contributed by atoms with van der Waals surface area (Å²) in [5.74, 6) is 0.585. The maximum atomic E-state index is 11.3. The van der Waals surface area contributed by atoms with Gasteiger partial charge in [0.2, 0.25) is 0 Å². The van der Waals surface area contributed by atoms with Gasteiger partial charge in [0.25, 0.3) is 0 Å². The number of hydrogen-bond donors (Lipinski definition) is 1. The monoisotopic (exact) mass is 317 g/mol. The van der Waals surface area contributed by atoms with Crippen LogP contribution in [-0.2, 0) is 21.5 Å². The van der Waals surface area contributed by atoms with Gasteiger partial charge in [-0.05, 0) is 49.1 Å². The highest BCUT2D eigenvalue weighted by atomic mass is 16.5. The minimum absolute atomic E-state index is 0.0274. The van der Waals surface area contributed by atoms with E-state index in [0.717, 1.165) is 38.8 Å². The lowest BCUT2D eigenvalue weighted by molar-refractivity contribution is -0.149. The second kappa shape index (κ2) is 5.13. The summed E-state index contributed by atoms with van der Waals surface area (Å²) in [4.78, 5) is 13.8. The number of methoxy groups -OCH3 is 1. The number of phenolic OH excluding ortho intramolecular Hbond substituents is 1. The predicted molar refractivity (Wildman–Crippen MR) is 84.6 cm³/mol. The zero-order chi connectivity index (χ0) is 16.2. The summed E-state index contributed by atoms with van der Waals surface area (Å²) in [6.07, 6.45) is 3.94. The number of carbonyl (C=O) groups is 1. The highest BCUT2D eigenvalue weighted by Crippen LogP contribution is 2.55. The average Bonchev–Trinajstić information content (AvgIpc) is 2.79. The number of hydrogen-bond acceptors (Lipinski definition) is 5. The Labute approximate surface area is 136 Å². The van der Waals surface area contributed by atoms with Crippen molar-refractivity contribution in [1.82, 2.24) is 4.90 Å². The molecule has 1 aliphatic carbocycles. The minimum atomic E-state index is -0.188. The number of benzene rings is 1. The molecule has 1 aromatic carbocycles. The Morgan fingerprint density at radius 3 is 2.96 bits per heavy atom. The van der Waals surface area contributed by atoms with Gasteiger partial charge in [0.05, 0.1) is 7.11 Å². The van der Waals surface area contributed by atoms with Crippen molar-refractivity contribution in [2.45, 2.75) is 56.7 Å². The lowest BCUT2D eigenvalue weighted by atomic mass is 9.63. The molecule has 2 bridgehead atoms. The highest BCUT2D eigenvalue weighted by molar-refractivity contribution is 5.66. The number of carbonyl (C=O) groups excluding carboxylic acids is 1. The zero-order valence-corrected chi connectivity index (χ0v) is 13.7. The molecule has 1 saturated heterocycles. The summed E-state index contributed by atoms with van der Waals surface area (Å²) < 4.78 is 10.7. The molecular weight excluding hydrogens is 294 g/mol. The van der Waals surface area contributed by atoms with Gasteiger partial charge in [-0.3, -0.25) is 9.69 Å². The van der Waals surface area contributed by atoms with E-state index in [1.165, 1.54) is 18.1 Å². The third kappa shape index (κ3) is 2.13. The van der Waals surface area contributed by atoms with Gasteiger partial charge in [0.1, 0.15) is 6.10 Å². The van der Waals surface area contributed by atoms with E-state index in [9.17, 15) is 9.90 Å². The van der Waals surface area contributed by atoms with Crippen molar-refractivity contribution in [1.29, 1.82) is 0 Å². The summed E-state index contributed by atoms with van der Waals surface area (Å²) >= 11 is 0. The molecule has 124 valence electrons. The summed E-state index contributed by atoms with van der Waals surface area (Å²) in [7, 11) is 1.59. The Morgan fingerprint density at radius 1 is 1.39 bits per heavy atom. The van der Waals surface area contributed by atoms with Crippen molar-refractivity contribution in [2.24, 2.45) is 0 Å². The summed E-state index contributed by atoms with van der Waals surface area (Å²) in [6.45, 7) is 3.43. The normalized spacial score (nSPS) is 34.4. The number of ether oxygens (including phenoxy) is 2. The van der Waals surface area contributed by atoms with Gasteiger partial charge >= 0.3 is 5.97 Å². The molecule has 0 radical (unpaired) electrons. The average molecular weight is 317 g/mol. The van der Waals surface area contributed by atoms with Crippen LogP contribution in [0, 0.1) is 0 Å². The Kier molecular flexibility index (Phi) is 3.30. The molecular formula is C18H23NO4. The molecule has 0 spiro atoms. The third-order valence-electron chi connectivity index (χ3n) is 5.97. The molecule has 23 heavy (non-hydrogen) atoms. The first-order chi connectivity index (χ1) is 11.0. The van der Waals surface area contributed by atoms with E-state index in [2.05, 4.69) is 4.90 Å². The number of esters is 1. The fourth-order valence-electron chi connectivity index (χ4n) is 5.03. The van der Waals surface area contributed by atoms with Crippen molar-refractivity contribution in [3.63, 3.8) is 0 Å². The van der Waals surface area contributed by atoms with E-state index in [1.54, 1.807) is 7.11 Å². The first kappa shape index (κ1) is 14.8. The number of fused-ring (bicyclic) bond motifs is 1. The van der Waals surface area contributed by atoms with Gasteiger partial charge in [0.15, 0.2) is 11.5 Å². The Hall–Kier alpha value is -1.75. The second-order valence-corrected chi connectivity index (χ2v) is 7.08. The largest absolute Gasteiger partial charge is 0.504 e. The first-order valence-electron chi connectivity index (χ1n) is 8.35. The first-order valence-corrected chi connectivity index (χ1v) is 8.35. The number of phenols is 1. The van der Waals surface area contributed by atoms with E-state index < -0.39 is 0 Å². The van der Waals surface area contributed by atoms with Crippen LogP contribution in [-0.4, -0.2) is 41.8 Å². The van der Waals surface area contributed by atoms with Crippen molar-refractivity contribution in [3.05, 3.63) is 23.3 Å². The lowest BCUT2D eigenvalue weighted by Gasteiger charge is -2.48. The van der Waals surface area contributed by atoms with Gasteiger partial charge < -0.3 is 14.6 Å². The topological polar surface area (TPSA) is 59.0 Å². The molecule has 0 aromatic heterocycles. The third-order valence-corrected chi connectivity index (χ3v) is 5.97. The Balaban J connectivity index is 1.71. The lowest BCUT2D eigenvalue weighted by Crippen LogP contribution is -2.52. The number of rotatable bonds is 2. The van der Waals surface area contributed by atoms with Crippen molar-refractivity contribution >= 4 is 5.97 Å². The van der Waals surface area contributed by atoms with E-state index in [0.29, 0.717) is 11.8 Å². The summed E-state index contributed by atoms with van der Waals surface area (Å²) in [6, 6.07) is 4.30. The molecule has 0 amide bonds. The van der Waals surface area contributed by atoms with E-state index in [4.69, 9.17) is 9.47 Å². The SMILES string of the molecule is COc1cc2c(cc1O)[C@@]13CC[C@H](OC(C)=O)C[C@H]1N(CC3)C2. The maximum absolute atomic E-state index is 11.3. The second-order valence-electron chi connectivity index (χ2n) is 7.08. The van der Waals surface area contributed by atoms with Crippen LogP contribution in [0.5, 0.6) is 11.5 Å². The van der Waals surface area contributed by atoms with E-state index in [1.807, 2.05) is 12.1 Å². The minimum Gasteiger partial charge on any atom is -0.504 e. The summed E-state index contributed by atoms with van der Waals surface area (Å²) in [5, 5.41) is 10.2. The Bertz CT molecular complexity index is 659. The van der Waals surface area contributed by atoms with Crippen LogP contribution in [0.15, 0.2) is 12.1 Å². The van der Waals surface area contributed by atoms with Gasteiger partial charge in [-0.25, -0.2) is 0 Å². The number of aromatic hydroxyl groups is 1. The zero-order valence-electron chi connectivity index (χ0n) is 13.7. The van der Waals surface area contributed by atoms with Crippen LogP contribution < -0.4 is 4.74 Å². The quantitative estimate of drug-likeness (QED) is 0.849. The molecule has 2 fully saturated rings. The molecule has 1 unspecified atom stereocenters. The Morgan fingerprint density at radius 2 is 2.22 bits per heavy atom. The smallest absolute Gasteiger partial charge is 0.302 e. The fourth-order valence-corrected chi connectivity index (χ4v) is 5.03.